The molecule has 0 atom stereocenters. The average molecular weight is 286 g/mol. The first kappa shape index (κ1) is 17.1. The van der Waals surface area contributed by atoms with Gasteiger partial charge in [0.15, 0.2) is 0 Å². The number of rotatable bonds is 4. The lowest BCUT2D eigenvalue weighted by Gasteiger charge is -2.03. The molecule has 1 rings (SSSR count). The van der Waals surface area contributed by atoms with Crippen LogP contribution in [0.1, 0.15) is 19.4 Å². The minimum Gasteiger partial charge on any atom is -0.463 e. The Bertz CT molecular complexity index is 364. The number of hydrogen-bond donors (Lipinski definition) is 2. The van der Waals surface area contributed by atoms with Crippen LogP contribution in [0.3, 0.4) is 0 Å². The van der Waals surface area contributed by atoms with E-state index in [2.05, 4.69) is 17.4 Å². The molecule has 0 saturated heterocycles. The highest BCUT2D eigenvalue weighted by molar-refractivity contribution is 8.11. The molecule has 1 N–H and O–H groups in total. The van der Waals surface area contributed by atoms with Gasteiger partial charge < -0.3 is 9.84 Å². The molecule has 0 fully saturated rings. The van der Waals surface area contributed by atoms with Crippen LogP contribution < -0.4 is 0 Å². The second-order valence-electron chi connectivity index (χ2n) is 3.72. The van der Waals surface area contributed by atoms with Gasteiger partial charge >= 0.3 is 5.97 Å². The highest BCUT2D eigenvalue weighted by Gasteiger charge is 2.06. The number of carbonyl (C=O) groups excluding carboxylic acids is 1. The Morgan fingerprint density at radius 3 is 2.28 bits per heavy atom. The van der Waals surface area contributed by atoms with Crippen LogP contribution in [0.2, 0.25) is 0 Å². The SMILES string of the molecule is CC(C)C(=O)OCCO.S=C(S)c1ccccc1. The minimum atomic E-state index is -0.260. The third-order valence-corrected chi connectivity index (χ3v) is 2.32. The van der Waals surface area contributed by atoms with Crippen LogP contribution in [0.4, 0.5) is 0 Å². The quantitative estimate of drug-likeness (QED) is 0.507. The smallest absolute Gasteiger partial charge is 0.308 e. The van der Waals surface area contributed by atoms with Gasteiger partial charge in [-0.25, -0.2) is 0 Å². The van der Waals surface area contributed by atoms with Crippen LogP contribution in [0.25, 0.3) is 0 Å². The van der Waals surface area contributed by atoms with Gasteiger partial charge in [-0.3, -0.25) is 4.79 Å². The number of aliphatic hydroxyl groups is 1. The highest BCUT2D eigenvalue weighted by atomic mass is 32.1. The number of thiocarbonyl (C=S) groups is 1. The Morgan fingerprint density at radius 1 is 1.39 bits per heavy atom. The van der Waals surface area contributed by atoms with E-state index in [1.807, 2.05) is 30.3 Å². The monoisotopic (exact) mass is 286 g/mol. The van der Waals surface area contributed by atoms with Gasteiger partial charge in [0.1, 0.15) is 6.61 Å². The predicted octanol–water partition coefficient (Wildman–Crippen LogP) is 2.47. The summed E-state index contributed by atoms with van der Waals surface area (Å²) in [5.41, 5.74) is 1.01. The summed E-state index contributed by atoms with van der Waals surface area (Å²) in [6.07, 6.45) is 0. The van der Waals surface area contributed by atoms with E-state index >= 15 is 0 Å². The fourth-order valence-electron chi connectivity index (χ4n) is 0.894. The first-order valence-electron chi connectivity index (χ1n) is 5.54. The topological polar surface area (TPSA) is 46.5 Å². The summed E-state index contributed by atoms with van der Waals surface area (Å²) in [5, 5.41) is 8.22. The molecule has 3 nitrogen and oxygen atoms in total. The van der Waals surface area contributed by atoms with E-state index < -0.39 is 0 Å². The third-order valence-electron chi connectivity index (χ3n) is 1.83. The fourth-order valence-corrected chi connectivity index (χ4v) is 1.18. The Labute approximate surface area is 119 Å². The van der Waals surface area contributed by atoms with E-state index in [-0.39, 0.29) is 25.1 Å². The Balaban J connectivity index is 0.000000321. The van der Waals surface area contributed by atoms with Gasteiger partial charge in [0, 0.05) is 0 Å². The van der Waals surface area contributed by atoms with Crippen LogP contribution in [-0.4, -0.2) is 28.5 Å². The van der Waals surface area contributed by atoms with Gasteiger partial charge in [-0.2, -0.15) is 0 Å². The first-order chi connectivity index (χ1) is 8.49. The maximum absolute atomic E-state index is 10.6. The molecule has 0 aliphatic heterocycles. The van der Waals surface area contributed by atoms with Gasteiger partial charge in [-0.15, -0.1) is 12.6 Å². The summed E-state index contributed by atoms with van der Waals surface area (Å²) >= 11 is 8.85. The van der Waals surface area contributed by atoms with E-state index in [4.69, 9.17) is 17.3 Å². The summed E-state index contributed by atoms with van der Waals surface area (Å²) < 4.78 is 5.21. The molecule has 18 heavy (non-hydrogen) atoms. The molecule has 0 aliphatic carbocycles. The zero-order valence-corrected chi connectivity index (χ0v) is 12.2. The molecule has 0 aliphatic rings. The molecule has 0 saturated carbocycles. The van der Waals surface area contributed by atoms with Crippen LogP contribution in [0.5, 0.6) is 0 Å². The first-order valence-corrected chi connectivity index (χ1v) is 6.40. The van der Waals surface area contributed by atoms with Gasteiger partial charge in [0.25, 0.3) is 0 Å². The molecule has 0 unspecified atom stereocenters. The van der Waals surface area contributed by atoms with E-state index in [1.165, 1.54) is 0 Å². The van der Waals surface area contributed by atoms with Crippen LogP contribution in [-0.2, 0) is 9.53 Å². The summed E-state index contributed by atoms with van der Waals surface area (Å²) in [5.74, 6) is -0.361. The normalized spacial score (nSPS) is 9.39. The van der Waals surface area contributed by atoms with Crippen molar-refractivity contribution < 1.29 is 14.6 Å². The Morgan fingerprint density at radius 2 is 1.94 bits per heavy atom. The lowest BCUT2D eigenvalue weighted by Crippen LogP contribution is -2.13. The van der Waals surface area contributed by atoms with E-state index in [1.54, 1.807) is 13.8 Å². The molecule has 0 spiro atoms. The summed E-state index contributed by atoms with van der Waals surface area (Å²) in [7, 11) is 0. The largest absolute Gasteiger partial charge is 0.463 e. The molecule has 1 aromatic rings. The van der Waals surface area contributed by atoms with Crippen molar-refractivity contribution in [3.8, 4) is 0 Å². The van der Waals surface area contributed by atoms with Gasteiger partial charge in [-0.05, 0) is 5.56 Å². The Hall–Kier alpha value is -0.910. The third kappa shape index (κ3) is 8.22. The summed E-state index contributed by atoms with van der Waals surface area (Å²) in [4.78, 5) is 10.6. The molecule has 0 bridgehead atoms. The predicted molar refractivity (Wildman–Crippen MR) is 80.0 cm³/mol. The zero-order chi connectivity index (χ0) is 14.0. The van der Waals surface area contributed by atoms with Crippen molar-refractivity contribution in [1.82, 2.24) is 0 Å². The summed E-state index contributed by atoms with van der Waals surface area (Å²) in [6.45, 7) is 3.51. The highest BCUT2D eigenvalue weighted by Crippen LogP contribution is 2.02. The number of esters is 1. The zero-order valence-electron chi connectivity index (χ0n) is 10.5. The number of aliphatic hydroxyl groups excluding tert-OH is 1. The Kier molecular flexibility index (Phi) is 9.55. The number of benzene rings is 1. The van der Waals surface area contributed by atoms with Crippen LogP contribution in [0, 0.1) is 5.92 Å². The molecule has 0 aromatic heterocycles. The van der Waals surface area contributed by atoms with Crippen molar-refractivity contribution in [1.29, 1.82) is 0 Å². The van der Waals surface area contributed by atoms with Gasteiger partial charge in [0.05, 0.1) is 16.7 Å². The number of thiol groups is 1. The van der Waals surface area contributed by atoms with Gasteiger partial charge in [-0.1, -0.05) is 56.4 Å². The van der Waals surface area contributed by atoms with Crippen molar-refractivity contribution in [3.63, 3.8) is 0 Å². The van der Waals surface area contributed by atoms with Crippen molar-refractivity contribution in [3.05, 3.63) is 35.9 Å². The average Bonchev–Trinajstić information content (AvgIpc) is 2.37. The second-order valence-corrected chi connectivity index (χ2v) is 4.88. The van der Waals surface area contributed by atoms with Crippen molar-refractivity contribution >= 4 is 35.0 Å². The molecule has 5 heteroatoms. The molecule has 0 amide bonds. The van der Waals surface area contributed by atoms with Crippen LogP contribution in [0.15, 0.2) is 30.3 Å². The molecular formula is C13H18O3S2. The maximum Gasteiger partial charge on any atom is 0.308 e. The molecule has 100 valence electrons. The second kappa shape index (κ2) is 10.1. The van der Waals surface area contributed by atoms with Gasteiger partial charge in [0.2, 0.25) is 0 Å². The molecule has 0 heterocycles. The fraction of sp³-hybridized carbons (Fsp3) is 0.385. The van der Waals surface area contributed by atoms with E-state index in [0.717, 1.165) is 5.56 Å². The lowest BCUT2D eigenvalue weighted by atomic mass is 10.2. The summed E-state index contributed by atoms with van der Waals surface area (Å²) in [6, 6.07) is 9.72. The van der Waals surface area contributed by atoms with E-state index in [9.17, 15) is 4.79 Å². The van der Waals surface area contributed by atoms with Crippen molar-refractivity contribution in [2.45, 2.75) is 13.8 Å². The molecular weight excluding hydrogens is 268 g/mol. The van der Waals surface area contributed by atoms with Crippen LogP contribution >= 0.6 is 24.8 Å². The van der Waals surface area contributed by atoms with Crippen molar-refractivity contribution in [2.75, 3.05) is 13.2 Å². The number of carbonyl (C=O) groups is 1. The van der Waals surface area contributed by atoms with Crippen molar-refractivity contribution in [2.24, 2.45) is 5.92 Å². The minimum absolute atomic E-state index is 0.0987. The maximum atomic E-state index is 10.6. The number of ether oxygens (including phenoxy) is 1. The number of hydrogen-bond acceptors (Lipinski definition) is 4. The molecule has 1 aromatic carbocycles. The van der Waals surface area contributed by atoms with E-state index in [0.29, 0.717) is 4.20 Å². The molecule has 0 radical (unpaired) electrons. The lowest BCUT2D eigenvalue weighted by molar-refractivity contribution is -0.148. The standard InChI is InChI=1S/C7H6S2.C6H12O3/c8-7(9)6-4-2-1-3-5-6;1-5(2)6(8)9-4-3-7/h1-5H,(H,8,9);5,7H,3-4H2,1-2H3.